The molecule has 1 atom stereocenters. The molecular weight excluding hydrogens is 317 g/mol. The molecule has 22 heavy (non-hydrogen) atoms. The van der Waals surface area contributed by atoms with Gasteiger partial charge in [-0.3, -0.25) is 4.90 Å². The number of hydrogen-bond donors (Lipinski definition) is 2. The van der Waals surface area contributed by atoms with Gasteiger partial charge in [0.2, 0.25) is 0 Å². The van der Waals surface area contributed by atoms with Crippen LogP contribution in [0.25, 0.3) is 10.9 Å². The van der Waals surface area contributed by atoms with Crippen molar-refractivity contribution in [1.29, 1.82) is 0 Å². The van der Waals surface area contributed by atoms with Gasteiger partial charge in [0.05, 0.1) is 0 Å². The van der Waals surface area contributed by atoms with Crippen molar-refractivity contribution in [2.24, 2.45) is 0 Å². The summed E-state index contributed by atoms with van der Waals surface area (Å²) in [4.78, 5) is 5.85. The van der Waals surface area contributed by atoms with Gasteiger partial charge in [-0.1, -0.05) is 11.6 Å². The Morgan fingerprint density at radius 3 is 2.64 bits per heavy atom. The van der Waals surface area contributed by atoms with Crippen LogP contribution in [-0.4, -0.2) is 36.1 Å². The maximum atomic E-state index is 4.12. The fraction of sp³-hybridized carbons (Fsp3) is 0.412. The molecule has 0 aliphatic carbocycles. The number of piperazine rings is 1. The van der Waals surface area contributed by atoms with Gasteiger partial charge in [0.1, 0.15) is 0 Å². The van der Waals surface area contributed by atoms with Crippen molar-refractivity contribution in [3.63, 3.8) is 0 Å². The van der Waals surface area contributed by atoms with E-state index in [2.05, 4.69) is 53.0 Å². The standard InChI is InChI=1S/C17H23N3.2ClH/c1-13(2)11-17(20-9-7-18-8-10-20)15-3-4-16-14(12-15)5-6-19-16;;/h3-6,12,17-19H,1,7-11H2,2H3;2*1H/t17-;;/m0../s1. The summed E-state index contributed by atoms with van der Waals surface area (Å²) < 4.78 is 0. The lowest BCUT2D eigenvalue weighted by atomic mass is 9.97. The molecule has 0 radical (unpaired) electrons. The molecule has 0 bridgehead atoms. The number of fused-ring (bicyclic) bond motifs is 1. The summed E-state index contributed by atoms with van der Waals surface area (Å²) in [6.07, 6.45) is 3.04. The summed E-state index contributed by atoms with van der Waals surface area (Å²) >= 11 is 0. The van der Waals surface area contributed by atoms with Crippen molar-refractivity contribution in [1.82, 2.24) is 15.2 Å². The molecule has 1 saturated heterocycles. The van der Waals surface area contributed by atoms with Crippen molar-refractivity contribution >= 4 is 35.7 Å². The van der Waals surface area contributed by atoms with E-state index in [0.29, 0.717) is 6.04 Å². The molecule has 1 aromatic carbocycles. The summed E-state index contributed by atoms with van der Waals surface area (Å²) in [7, 11) is 0. The van der Waals surface area contributed by atoms with Gasteiger partial charge in [-0.2, -0.15) is 0 Å². The van der Waals surface area contributed by atoms with Crippen LogP contribution in [-0.2, 0) is 0 Å². The molecule has 2 heterocycles. The summed E-state index contributed by atoms with van der Waals surface area (Å²) in [5.74, 6) is 0. The lowest BCUT2D eigenvalue weighted by molar-refractivity contribution is 0.172. The monoisotopic (exact) mass is 341 g/mol. The van der Waals surface area contributed by atoms with E-state index in [1.54, 1.807) is 0 Å². The third-order valence-electron chi connectivity index (χ3n) is 4.10. The Bertz CT molecular complexity index is 603. The lowest BCUT2D eigenvalue weighted by Gasteiger charge is -2.35. The van der Waals surface area contributed by atoms with Crippen LogP contribution in [0.2, 0.25) is 0 Å². The minimum Gasteiger partial charge on any atom is -0.361 e. The van der Waals surface area contributed by atoms with Crippen molar-refractivity contribution in [2.75, 3.05) is 26.2 Å². The number of benzene rings is 1. The van der Waals surface area contributed by atoms with E-state index in [4.69, 9.17) is 0 Å². The van der Waals surface area contributed by atoms with E-state index in [1.807, 2.05) is 6.20 Å². The van der Waals surface area contributed by atoms with Crippen molar-refractivity contribution in [3.8, 4) is 0 Å². The Hall–Kier alpha value is -1.000. The molecule has 5 heteroatoms. The number of halogens is 2. The number of hydrogen-bond acceptors (Lipinski definition) is 2. The molecule has 122 valence electrons. The highest BCUT2D eigenvalue weighted by Gasteiger charge is 2.22. The van der Waals surface area contributed by atoms with Crippen LogP contribution < -0.4 is 5.32 Å². The highest BCUT2D eigenvalue weighted by Crippen LogP contribution is 2.29. The highest BCUT2D eigenvalue weighted by atomic mass is 35.5. The van der Waals surface area contributed by atoms with E-state index in [9.17, 15) is 0 Å². The summed E-state index contributed by atoms with van der Waals surface area (Å²) in [5, 5.41) is 4.73. The Balaban J connectivity index is 0.00000121. The number of rotatable bonds is 4. The molecule has 3 rings (SSSR count). The van der Waals surface area contributed by atoms with E-state index < -0.39 is 0 Å². The number of H-pyrrole nitrogens is 1. The van der Waals surface area contributed by atoms with Crippen LogP contribution in [0, 0.1) is 0 Å². The maximum Gasteiger partial charge on any atom is 0.0454 e. The Kier molecular flexibility index (Phi) is 7.43. The third kappa shape index (κ3) is 4.26. The zero-order valence-electron chi connectivity index (χ0n) is 13.0. The smallest absolute Gasteiger partial charge is 0.0454 e. The first-order valence-electron chi connectivity index (χ1n) is 7.40. The SMILES string of the molecule is C=C(C)C[C@@H](c1ccc2[nH]ccc2c1)N1CCNCC1.Cl.Cl. The third-order valence-corrected chi connectivity index (χ3v) is 4.10. The van der Waals surface area contributed by atoms with Gasteiger partial charge in [-0.15, -0.1) is 31.4 Å². The number of nitrogens with one attached hydrogen (secondary N) is 2. The molecule has 0 unspecified atom stereocenters. The van der Waals surface area contributed by atoms with Crippen LogP contribution in [0.3, 0.4) is 0 Å². The minimum absolute atomic E-state index is 0. The summed E-state index contributed by atoms with van der Waals surface area (Å²) in [6.45, 7) is 10.6. The Labute approximate surface area is 145 Å². The highest BCUT2D eigenvalue weighted by molar-refractivity contribution is 5.85. The normalized spacial score (nSPS) is 16.6. The van der Waals surface area contributed by atoms with E-state index in [-0.39, 0.29) is 24.8 Å². The minimum atomic E-state index is 0. The van der Waals surface area contributed by atoms with Gasteiger partial charge >= 0.3 is 0 Å². The molecule has 3 nitrogen and oxygen atoms in total. The molecule has 1 fully saturated rings. The molecule has 0 spiro atoms. The molecular formula is C17H25Cl2N3. The molecule has 1 aliphatic heterocycles. The van der Waals surface area contributed by atoms with Crippen molar-refractivity contribution in [3.05, 3.63) is 48.2 Å². The zero-order chi connectivity index (χ0) is 13.9. The maximum absolute atomic E-state index is 4.12. The summed E-state index contributed by atoms with van der Waals surface area (Å²) in [6, 6.07) is 9.37. The van der Waals surface area contributed by atoms with Crippen LogP contribution in [0.15, 0.2) is 42.6 Å². The molecule has 1 aliphatic rings. The van der Waals surface area contributed by atoms with E-state index in [0.717, 1.165) is 32.6 Å². The largest absolute Gasteiger partial charge is 0.361 e. The first-order chi connectivity index (χ1) is 9.74. The fourth-order valence-electron chi connectivity index (χ4n) is 3.06. The molecule has 2 aromatic rings. The molecule has 1 aromatic heterocycles. The first kappa shape index (κ1) is 19.0. The van der Waals surface area contributed by atoms with Gasteiger partial charge < -0.3 is 10.3 Å². The Morgan fingerprint density at radius 1 is 1.23 bits per heavy atom. The second-order valence-corrected chi connectivity index (χ2v) is 5.79. The molecule has 2 N–H and O–H groups in total. The van der Waals surface area contributed by atoms with Crippen molar-refractivity contribution in [2.45, 2.75) is 19.4 Å². The predicted octanol–water partition coefficient (Wildman–Crippen LogP) is 3.92. The van der Waals surface area contributed by atoms with Gasteiger partial charge in [0, 0.05) is 43.9 Å². The predicted molar refractivity (Wildman–Crippen MR) is 99.4 cm³/mol. The lowest BCUT2D eigenvalue weighted by Crippen LogP contribution is -2.45. The topological polar surface area (TPSA) is 31.1 Å². The fourth-order valence-corrected chi connectivity index (χ4v) is 3.06. The summed E-state index contributed by atoms with van der Waals surface area (Å²) in [5.41, 5.74) is 3.87. The van der Waals surface area contributed by atoms with Gasteiger partial charge in [-0.05, 0) is 42.5 Å². The second kappa shape index (κ2) is 8.59. The zero-order valence-corrected chi connectivity index (χ0v) is 14.6. The first-order valence-corrected chi connectivity index (χ1v) is 7.40. The average molecular weight is 342 g/mol. The van der Waals surface area contributed by atoms with Crippen LogP contribution in [0.1, 0.15) is 24.9 Å². The average Bonchev–Trinajstić information content (AvgIpc) is 2.93. The van der Waals surface area contributed by atoms with Gasteiger partial charge in [0.25, 0.3) is 0 Å². The Morgan fingerprint density at radius 2 is 1.95 bits per heavy atom. The molecule has 0 saturated carbocycles. The van der Waals surface area contributed by atoms with Crippen LogP contribution >= 0.6 is 24.8 Å². The molecule has 0 amide bonds. The van der Waals surface area contributed by atoms with E-state index in [1.165, 1.54) is 22.0 Å². The van der Waals surface area contributed by atoms with Crippen LogP contribution in [0.5, 0.6) is 0 Å². The second-order valence-electron chi connectivity index (χ2n) is 5.79. The van der Waals surface area contributed by atoms with E-state index >= 15 is 0 Å². The van der Waals surface area contributed by atoms with Gasteiger partial charge in [0.15, 0.2) is 0 Å². The van der Waals surface area contributed by atoms with Crippen molar-refractivity contribution < 1.29 is 0 Å². The number of nitrogens with zero attached hydrogens (tertiary/aromatic N) is 1. The van der Waals surface area contributed by atoms with Crippen LogP contribution in [0.4, 0.5) is 0 Å². The quantitative estimate of drug-likeness (QED) is 0.825. The number of aromatic nitrogens is 1. The van der Waals surface area contributed by atoms with Gasteiger partial charge in [-0.25, -0.2) is 0 Å². The number of aromatic amines is 1.